The van der Waals surface area contributed by atoms with Gasteiger partial charge in [-0.15, -0.1) is 0 Å². The Balaban J connectivity index is 1.75. The molecule has 2 heterocycles. The number of urea groups is 1. The number of hydrogen-bond donors (Lipinski definition) is 1. The Morgan fingerprint density at radius 3 is 2.57 bits per heavy atom. The molecule has 1 saturated heterocycles. The molecule has 0 atom stereocenters. The standard InChI is InChI=1S/C17H15N3O/c21-17-18-11-4-12-20(17)16-10-9-15(13-19-16)8-7-14-5-2-1-3-6-14/h1-3,5-6,9-10,13H,4,11-12H2,(H,18,21). The number of carbonyl (C=O) groups is 1. The summed E-state index contributed by atoms with van der Waals surface area (Å²) in [4.78, 5) is 17.7. The fourth-order valence-electron chi connectivity index (χ4n) is 2.13. The van der Waals surface area contributed by atoms with E-state index >= 15 is 0 Å². The van der Waals surface area contributed by atoms with E-state index in [9.17, 15) is 4.79 Å². The van der Waals surface area contributed by atoms with Crippen molar-refractivity contribution < 1.29 is 4.79 Å². The van der Waals surface area contributed by atoms with Crippen LogP contribution in [-0.4, -0.2) is 24.1 Å². The maximum Gasteiger partial charge on any atom is 0.323 e. The summed E-state index contributed by atoms with van der Waals surface area (Å²) in [6.45, 7) is 1.43. The first-order valence-corrected chi connectivity index (χ1v) is 6.91. The van der Waals surface area contributed by atoms with Gasteiger partial charge in [0.2, 0.25) is 0 Å². The molecule has 104 valence electrons. The molecule has 1 aliphatic heterocycles. The highest BCUT2D eigenvalue weighted by Gasteiger charge is 2.19. The number of hydrogen-bond acceptors (Lipinski definition) is 2. The second-order valence-corrected chi connectivity index (χ2v) is 4.76. The number of pyridine rings is 1. The minimum atomic E-state index is -0.0862. The Morgan fingerprint density at radius 1 is 1.05 bits per heavy atom. The zero-order chi connectivity index (χ0) is 14.5. The Hall–Kier alpha value is -2.80. The van der Waals surface area contributed by atoms with Gasteiger partial charge in [-0.25, -0.2) is 9.78 Å². The monoisotopic (exact) mass is 277 g/mol. The van der Waals surface area contributed by atoms with Gasteiger partial charge >= 0.3 is 6.03 Å². The van der Waals surface area contributed by atoms with E-state index in [0.29, 0.717) is 12.4 Å². The van der Waals surface area contributed by atoms with Gasteiger partial charge in [-0.05, 0) is 30.7 Å². The van der Waals surface area contributed by atoms with Gasteiger partial charge in [0.05, 0.1) is 0 Å². The van der Waals surface area contributed by atoms with Gasteiger partial charge in [0.15, 0.2) is 0 Å². The molecule has 4 nitrogen and oxygen atoms in total. The van der Waals surface area contributed by atoms with Crippen LogP contribution in [0.5, 0.6) is 0 Å². The molecular weight excluding hydrogens is 262 g/mol. The van der Waals surface area contributed by atoms with E-state index in [1.807, 2.05) is 42.5 Å². The van der Waals surface area contributed by atoms with Gasteiger partial charge in [0.1, 0.15) is 5.82 Å². The summed E-state index contributed by atoms with van der Waals surface area (Å²) in [6, 6.07) is 13.4. The average molecular weight is 277 g/mol. The number of aromatic nitrogens is 1. The van der Waals surface area contributed by atoms with Crippen molar-refractivity contribution in [2.75, 3.05) is 18.0 Å². The summed E-state index contributed by atoms with van der Waals surface area (Å²) < 4.78 is 0. The largest absolute Gasteiger partial charge is 0.338 e. The molecule has 4 heteroatoms. The molecule has 2 amide bonds. The van der Waals surface area contributed by atoms with Gasteiger partial charge in [0, 0.05) is 30.4 Å². The highest BCUT2D eigenvalue weighted by Crippen LogP contribution is 2.13. The minimum absolute atomic E-state index is 0.0862. The number of anilines is 1. The van der Waals surface area contributed by atoms with Gasteiger partial charge < -0.3 is 5.32 Å². The second kappa shape index (κ2) is 6.10. The molecule has 0 saturated carbocycles. The number of nitrogens with one attached hydrogen (secondary N) is 1. The molecular formula is C17H15N3O. The van der Waals surface area contributed by atoms with Crippen molar-refractivity contribution in [2.24, 2.45) is 0 Å². The molecule has 0 spiro atoms. The van der Waals surface area contributed by atoms with E-state index in [4.69, 9.17) is 0 Å². The lowest BCUT2D eigenvalue weighted by Crippen LogP contribution is -2.46. The molecule has 1 aliphatic rings. The second-order valence-electron chi connectivity index (χ2n) is 4.76. The van der Waals surface area contributed by atoms with E-state index < -0.39 is 0 Å². The third kappa shape index (κ3) is 3.21. The summed E-state index contributed by atoms with van der Waals surface area (Å²) in [7, 11) is 0. The van der Waals surface area contributed by atoms with Crippen LogP contribution >= 0.6 is 0 Å². The van der Waals surface area contributed by atoms with Crippen LogP contribution in [0.3, 0.4) is 0 Å². The average Bonchev–Trinajstić information content (AvgIpc) is 2.55. The van der Waals surface area contributed by atoms with Crippen molar-refractivity contribution in [3.63, 3.8) is 0 Å². The first kappa shape index (κ1) is 13.2. The van der Waals surface area contributed by atoms with E-state index in [2.05, 4.69) is 22.1 Å². The molecule has 3 rings (SSSR count). The van der Waals surface area contributed by atoms with Crippen LogP contribution in [-0.2, 0) is 0 Å². The SMILES string of the molecule is O=C1NCCCN1c1ccc(C#Cc2ccccc2)cn1. The molecule has 1 aromatic heterocycles. The topological polar surface area (TPSA) is 45.2 Å². The third-order valence-electron chi connectivity index (χ3n) is 3.23. The molecule has 0 aliphatic carbocycles. The van der Waals surface area contributed by atoms with Gasteiger partial charge in [-0.1, -0.05) is 30.0 Å². The van der Waals surface area contributed by atoms with Crippen LogP contribution in [0.25, 0.3) is 0 Å². The quantitative estimate of drug-likeness (QED) is 0.814. The van der Waals surface area contributed by atoms with E-state index in [1.54, 1.807) is 11.1 Å². The Labute approximate surface area is 123 Å². The molecule has 0 bridgehead atoms. The Morgan fingerprint density at radius 2 is 1.86 bits per heavy atom. The zero-order valence-corrected chi connectivity index (χ0v) is 11.5. The van der Waals surface area contributed by atoms with Gasteiger partial charge in [-0.3, -0.25) is 4.90 Å². The molecule has 1 fully saturated rings. The van der Waals surface area contributed by atoms with Crippen LogP contribution in [0, 0.1) is 11.8 Å². The fraction of sp³-hybridized carbons (Fsp3) is 0.176. The summed E-state index contributed by atoms with van der Waals surface area (Å²) in [5.41, 5.74) is 1.80. The van der Waals surface area contributed by atoms with Crippen molar-refractivity contribution >= 4 is 11.8 Å². The third-order valence-corrected chi connectivity index (χ3v) is 3.23. The lowest BCUT2D eigenvalue weighted by Gasteiger charge is -2.26. The maximum atomic E-state index is 11.7. The van der Waals surface area contributed by atoms with Crippen LogP contribution in [0.2, 0.25) is 0 Å². The predicted octanol–water partition coefficient (Wildman–Crippen LogP) is 2.40. The van der Waals surface area contributed by atoms with Gasteiger partial charge in [-0.2, -0.15) is 0 Å². The maximum absolute atomic E-state index is 11.7. The van der Waals surface area contributed by atoms with Crippen molar-refractivity contribution in [1.82, 2.24) is 10.3 Å². The highest BCUT2D eigenvalue weighted by atomic mass is 16.2. The minimum Gasteiger partial charge on any atom is -0.338 e. The molecule has 0 unspecified atom stereocenters. The Bertz CT molecular complexity index is 683. The van der Waals surface area contributed by atoms with Crippen molar-refractivity contribution in [3.05, 3.63) is 59.8 Å². The summed E-state index contributed by atoms with van der Waals surface area (Å²) in [6.07, 6.45) is 2.64. The van der Waals surface area contributed by atoms with E-state index in [-0.39, 0.29) is 6.03 Å². The smallest absolute Gasteiger partial charge is 0.323 e. The van der Waals surface area contributed by atoms with Crippen molar-refractivity contribution in [1.29, 1.82) is 0 Å². The van der Waals surface area contributed by atoms with Gasteiger partial charge in [0.25, 0.3) is 0 Å². The van der Waals surface area contributed by atoms with Crippen LogP contribution in [0.15, 0.2) is 48.7 Å². The first-order chi connectivity index (χ1) is 10.3. The number of carbonyl (C=O) groups excluding carboxylic acids is 1. The lowest BCUT2D eigenvalue weighted by atomic mass is 10.2. The summed E-state index contributed by atoms with van der Waals surface area (Å²) in [5.74, 6) is 6.82. The fourth-order valence-corrected chi connectivity index (χ4v) is 2.13. The number of nitrogens with zero attached hydrogens (tertiary/aromatic N) is 2. The number of benzene rings is 1. The molecule has 2 aromatic rings. The normalized spacial score (nSPS) is 14.1. The highest BCUT2D eigenvalue weighted by molar-refractivity contribution is 5.91. The first-order valence-electron chi connectivity index (χ1n) is 6.91. The lowest BCUT2D eigenvalue weighted by molar-refractivity contribution is 0.242. The molecule has 21 heavy (non-hydrogen) atoms. The number of amides is 2. The van der Waals surface area contributed by atoms with Crippen LogP contribution in [0.4, 0.5) is 10.6 Å². The molecule has 0 radical (unpaired) electrons. The molecule has 1 aromatic carbocycles. The van der Waals surface area contributed by atoms with E-state index in [1.165, 1.54) is 0 Å². The van der Waals surface area contributed by atoms with E-state index in [0.717, 1.165) is 24.1 Å². The number of rotatable bonds is 1. The molecule has 1 N–H and O–H groups in total. The van der Waals surface area contributed by atoms with Crippen molar-refractivity contribution in [3.8, 4) is 11.8 Å². The summed E-state index contributed by atoms with van der Waals surface area (Å²) in [5, 5.41) is 2.81. The van der Waals surface area contributed by atoms with Crippen molar-refractivity contribution in [2.45, 2.75) is 6.42 Å². The zero-order valence-electron chi connectivity index (χ0n) is 11.5. The van der Waals surface area contributed by atoms with Crippen LogP contribution < -0.4 is 10.2 Å². The summed E-state index contributed by atoms with van der Waals surface area (Å²) >= 11 is 0. The Kier molecular flexibility index (Phi) is 3.83. The predicted molar refractivity (Wildman–Crippen MR) is 82.0 cm³/mol. The van der Waals surface area contributed by atoms with Crippen LogP contribution in [0.1, 0.15) is 17.5 Å².